The maximum atomic E-state index is 11.5. The largest absolute Gasteiger partial charge is 0.481 e. The SMILES string of the molecule is CC(C)CC(CC(=O)O)(CC(C)C)N1CCCCCC1. The summed E-state index contributed by atoms with van der Waals surface area (Å²) in [5, 5.41) is 9.45. The van der Waals surface area contributed by atoms with Crippen LogP contribution in [0.25, 0.3) is 0 Å². The lowest BCUT2D eigenvalue weighted by molar-refractivity contribution is -0.141. The van der Waals surface area contributed by atoms with Gasteiger partial charge in [-0.1, -0.05) is 40.5 Å². The molecule has 1 saturated heterocycles. The van der Waals surface area contributed by atoms with Crippen molar-refractivity contribution < 1.29 is 9.90 Å². The number of nitrogens with zero attached hydrogens (tertiary/aromatic N) is 1. The van der Waals surface area contributed by atoms with Crippen LogP contribution in [-0.2, 0) is 4.79 Å². The van der Waals surface area contributed by atoms with E-state index in [2.05, 4.69) is 32.6 Å². The van der Waals surface area contributed by atoms with E-state index in [1.807, 2.05) is 0 Å². The van der Waals surface area contributed by atoms with Crippen molar-refractivity contribution in [2.45, 2.75) is 78.2 Å². The minimum absolute atomic E-state index is 0.140. The summed E-state index contributed by atoms with van der Waals surface area (Å²) in [6.45, 7) is 11.0. The van der Waals surface area contributed by atoms with E-state index in [4.69, 9.17) is 0 Å². The van der Waals surface area contributed by atoms with Crippen LogP contribution in [0.4, 0.5) is 0 Å². The molecule has 1 aliphatic heterocycles. The Hall–Kier alpha value is -0.570. The Kier molecular flexibility index (Phi) is 7.01. The molecule has 0 amide bonds. The van der Waals surface area contributed by atoms with Gasteiger partial charge in [0.05, 0.1) is 6.42 Å². The number of aliphatic carboxylic acids is 1. The zero-order valence-corrected chi connectivity index (χ0v) is 13.8. The van der Waals surface area contributed by atoms with Crippen molar-refractivity contribution in [3.63, 3.8) is 0 Å². The van der Waals surface area contributed by atoms with Crippen LogP contribution in [0.3, 0.4) is 0 Å². The molecule has 0 spiro atoms. The molecule has 20 heavy (non-hydrogen) atoms. The summed E-state index contributed by atoms with van der Waals surface area (Å²) < 4.78 is 0. The second-order valence-corrected chi connectivity index (χ2v) is 7.39. The van der Waals surface area contributed by atoms with Gasteiger partial charge in [-0.2, -0.15) is 0 Å². The van der Waals surface area contributed by atoms with Gasteiger partial charge in [0.15, 0.2) is 0 Å². The molecule has 1 heterocycles. The Balaban J connectivity index is 3.00. The van der Waals surface area contributed by atoms with Crippen molar-refractivity contribution in [1.82, 2.24) is 4.90 Å². The molecular formula is C17H33NO2. The van der Waals surface area contributed by atoms with Crippen molar-refractivity contribution >= 4 is 5.97 Å². The average Bonchev–Trinajstić information content (AvgIpc) is 2.54. The summed E-state index contributed by atoms with van der Waals surface area (Å²) in [4.78, 5) is 14.0. The maximum Gasteiger partial charge on any atom is 0.305 e. The highest BCUT2D eigenvalue weighted by Crippen LogP contribution is 2.36. The summed E-state index contributed by atoms with van der Waals surface area (Å²) in [6.07, 6.45) is 7.32. The minimum Gasteiger partial charge on any atom is -0.481 e. The molecular weight excluding hydrogens is 250 g/mol. The molecule has 118 valence electrons. The number of hydrogen-bond acceptors (Lipinski definition) is 2. The molecule has 3 heteroatoms. The number of hydrogen-bond donors (Lipinski definition) is 1. The number of carboxylic acids is 1. The molecule has 0 unspecified atom stereocenters. The van der Waals surface area contributed by atoms with Crippen LogP contribution in [0.2, 0.25) is 0 Å². The molecule has 3 nitrogen and oxygen atoms in total. The van der Waals surface area contributed by atoms with Crippen LogP contribution < -0.4 is 0 Å². The van der Waals surface area contributed by atoms with Gasteiger partial charge >= 0.3 is 5.97 Å². The lowest BCUT2D eigenvalue weighted by Gasteiger charge is -2.45. The molecule has 0 aliphatic carbocycles. The van der Waals surface area contributed by atoms with Gasteiger partial charge in [-0.05, 0) is 50.6 Å². The third-order valence-electron chi connectivity index (χ3n) is 4.33. The fourth-order valence-corrected chi connectivity index (χ4v) is 3.94. The molecule has 1 aliphatic rings. The minimum atomic E-state index is -0.643. The summed E-state index contributed by atoms with van der Waals surface area (Å²) in [5.41, 5.74) is -0.140. The van der Waals surface area contributed by atoms with E-state index in [0.29, 0.717) is 18.3 Å². The van der Waals surface area contributed by atoms with Crippen molar-refractivity contribution in [3.05, 3.63) is 0 Å². The van der Waals surface area contributed by atoms with E-state index in [-0.39, 0.29) is 5.54 Å². The first-order valence-electron chi connectivity index (χ1n) is 8.32. The fourth-order valence-electron chi connectivity index (χ4n) is 3.94. The van der Waals surface area contributed by atoms with Gasteiger partial charge in [-0.15, -0.1) is 0 Å². The standard InChI is InChI=1S/C17H33NO2/c1-14(2)11-17(12-15(3)4,13-16(19)20)18-9-7-5-6-8-10-18/h14-15H,5-13H2,1-4H3,(H,19,20). The first-order valence-corrected chi connectivity index (χ1v) is 8.32. The first kappa shape index (κ1) is 17.5. The van der Waals surface area contributed by atoms with E-state index in [1.54, 1.807) is 0 Å². The van der Waals surface area contributed by atoms with Crippen LogP contribution in [0, 0.1) is 11.8 Å². The van der Waals surface area contributed by atoms with Gasteiger partial charge in [-0.3, -0.25) is 9.69 Å². The second kappa shape index (κ2) is 8.02. The number of likely N-dealkylation sites (tertiary alicyclic amines) is 1. The Morgan fingerprint density at radius 1 is 1.00 bits per heavy atom. The lowest BCUT2D eigenvalue weighted by atomic mass is 9.77. The molecule has 0 saturated carbocycles. The van der Waals surface area contributed by atoms with Crippen molar-refractivity contribution in [2.24, 2.45) is 11.8 Å². The van der Waals surface area contributed by atoms with Gasteiger partial charge < -0.3 is 5.11 Å². The van der Waals surface area contributed by atoms with Gasteiger partial charge in [0.2, 0.25) is 0 Å². The second-order valence-electron chi connectivity index (χ2n) is 7.39. The summed E-state index contributed by atoms with van der Waals surface area (Å²) in [7, 11) is 0. The van der Waals surface area contributed by atoms with Crippen molar-refractivity contribution in [1.29, 1.82) is 0 Å². The predicted octanol–water partition coefficient (Wildman–Crippen LogP) is 4.17. The smallest absolute Gasteiger partial charge is 0.305 e. The number of rotatable bonds is 7. The van der Waals surface area contributed by atoms with Gasteiger partial charge in [0.1, 0.15) is 0 Å². The van der Waals surface area contributed by atoms with Crippen LogP contribution in [0.15, 0.2) is 0 Å². The average molecular weight is 283 g/mol. The van der Waals surface area contributed by atoms with Crippen LogP contribution >= 0.6 is 0 Å². The Bertz CT molecular complexity index is 281. The Morgan fingerprint density at radius 2 is 1.45 bits per heavy atom. The highest BCUT2D eigenvalue weighted by atomic mass is 16.4. The monoisotopic (exact) mass is 283 g/mol. The quantitative estimate of drug-likeness (QED) is 0.762. The third-order valence-corrected chi connectivity index (χ3v) is 4.33. The van der Waals surface area contributed by atoms with E-state index < -0.39 is 5.97 Å². The Labute approximate surface area is 124 Å². The highest BCUT2D eigenvalue weighted by molar-refractivity contribution is 5.68. The first-order chi connectivity index (χ1) is 9.35. The molecule has 1 N–H and O–H groups in total. The summed E-state index contributed by atoms with van der Waals surface area (Å²) in [5.74, 6) is 0.434. The highest BCUT2D eigenvalue weighted by Gasteiger charge is 2.39. The zero-order valence-electron chi connectivity index (χ0n) is 13.8. The molecule has 1 rings (SSSR count). The number of carboxylic acid groups (broad SMARTS) is 1. The summed E-state index contributed by atoms with van der Waals surface area (Å²) in [6, 6.07) is 0. The van der Waals surface area contributed by atoms with Crippen LogP contribution in [0.1, 0.15) is 72.6 Å². The molecule has 0 atom stereocenters. The molecule has 0 radical (unpaired) electrons. The molecule has 1 fully saturated rings. The van der Waals surface area contributed by atoms with Gasteiger partial charge in [0, 0.05) is 5.54 Å². The van der Waals surface area contributed by atoms with Gasteiger partial charge in [-0.25, -0.2) is 0 Å². The van der Waals surface area contributed by atoms with Crippen LogP contribution in [0.5, 0.6) is 0 Å². The molecule has 0 aromatic heterocycles. The molecule has 0 aromatic carbocycles. The molecule has 0 aromatic rings. The van der Waals surface area contributed by atoms with E-state index in [9.17, 15) is 9.90 Å². The van der Waals surface area contributed by atoms with Crippen LogP contribution in [-0.4, -0.2) is 34.6 Å². The maximum absolute atomic E-state index is 11.5. The summed E-state index contributed by atoms with van der Waals surface area (Å²) >= 11 is 0. The van der Waals surface area contributed by atoms with E-state index >= 15 is 0 Å². The third kappa shape index (κ3) is 5.43. The zero-order chi connectivity index (χ0) is 15.2. The van der Waals surface area contributed by atoms with Gasteiger partial charge in [0.25, 0.3) is 0 Å². The van der Waals surface area contributed by atoms with E-state index in [0.717, 1.165) is 25.9 Å². The van der Waals surface area contributed by atoms with Crippen molar-refractivity contribution in [2.75, 3.05) is 13.1 Å². The lowest BCUT2D eigenvalue weighted by Crippen LogP contribution is -2.52. The normalized spacial score (nSPS) is 18.5. The number of carbonyl (C=O) groups is 1. The predicted molar refractivity (Wildman–Crippen MR) is 83.9 cm³/mol. The van der Waals surface area contributed by atoms with E-state index in [1.165, 1.54) is 25.7 Å². The van der Waals surface area contributed by atoms with Crippen molar-refractivity contribution in [3.8, 4) is 0 Å². The Morgan fingerprint density at radius 3 is 1.80 bits per heavy atom. The molecule has 0 bridgehead atoms. The fraction of sp³-hybridized carbons (Fsp3) is 0.941. The topological polar surface area (TPSA) is 40.5 Å².